The molecule has 1 unspecified atom stereocenters. The van der Waals surface area contributed by atoms with Crippen molar-refractivity contribution in [2.75, 3.05) is 19.7 Å². The molecular weight excluding hydrogens is 416 g/mol. The van der Waals surface area contributed by atoms with Crippen LogP contribution in [0.15, 0.2) is 78.9 Å². The van der Waals surface area contributed by atoms with Gasteiger partial charge < -0.3 is 20.1 Å². The standard InChI is InChI=1S/C27H28N2O4/c1-19(15-28-16-26(30)32-17-20-9-3-2-4-10-20)29-27(31)33-18-25-23-13-7-5-11-21(23)22-12-6-8-14-24(22)25/h2-14,19,25,28H,15-18H2,1H3,(H,29,31). The van der Waals surface area contributed by atoms with Gasteiger partial charge in [-0.05, 0) is 34.7 Å². The second-order valence-electron chi connectivity index (χ2n) is 8.15. The Balaban J connectivity index is 1.18. The zero-order valence-electron chi connectivity index (χ0n) is 18.6. The zero-order chi connectivity index (χ0) is 23.0. The minimum Gasteiger partial charge on any atom is -0.460 e. The van der Waals surface area contributed by atoms with Gasteiger partial charge >= 0.3 is 12.1 Å². The van der Waals surface area contributed by atoms with Crippen molar-refractivity contribution in [3.05, 3.63) is 95.6 Å². The molecule has 170 valence electrons. The lowest BCUT2D eigenvalue weighted by molar-refractivity contribution is -0.143. The molecule has 1 aliphatic carbocycles. The molecule has 0 heterocycles. The molecule has 0 fully saturated rings. The van der Waals surface area contributed by atoms with Crippen LogP contribution in [0.25, 0.3) is 11.1 Å². The summed E-state index contributed by atoms with van der Waals surface area (Å²) in [7, 11) is 0. The van der Waals surface area contributed by atoms with Crippen molar-refractivity contribution in [1.29, 1.82) is 0 Å². The summed E-state index contributed by atoms with van der Waals surface area (Å²) in [5, 5.41) is 5.81. The molecule has 0 bridgehead atoms. The number of rotatable bonds is 9. The number of hydrogen-bond donors (Lipinski definition) is 2. The Morgan fingerprint density at radius 3 is 2.12 bits per heavy atom. The van der Waals surface area contributed by atoms with E-state index >= 15 is 0 Å². The van der Waals surface area contributed by atoms with Gasteiger partial charge in [0, 0.05) is 18.5 Å². The Labute approximate surface area is 193 Å². The van der Waals surface area contributed by atoms with Gasteiger partial charge in [0.25, 0.3) is 0 Å². The predicted molar refractivity (Wildman–Crippen MR) is 127 cm³/mol. The lowest BCUT2D eigenvalue weighted by Crippen LogP contribution is -2.42. The summed E-state index contributed by atoms with van der Waals surface area (Å²) in [6.07, 6.45) is -0.474. The van der Waals surface area contributed by atoms with Crippen LogP contribution in [0.1, 0.15) is 29.5 Å². The lowest BCUT2D eigenvalue weighted by atomic mass is 9.98. The number of fused-ring (bicyclic) bond motifs is 3. The van der Waals surface area contributed by atoms with Crippen molar-refractivity contribution >= 4 is 12.1 Å². The molecule has 33 heavy (non-hydrogen) atoms. The third kappa shape index (κ3) is 5.79. The highest BCUT2D eigenvalue weighted by Crippen LogP contribution is 2.44. The van der Waals surface area contributed by atoms with Gasteiger partial charge in [-0.25, -0.2) is 4.79 Å². The van der Waals surface area contributed by atoms with Gasteiger partial charge in [0.2, 0.25) is 0 Å². The average Bonchev–Trinajstić information content (AvgIpc) is 3.16. The first-order valence-electron chi connectivity index (χ1n) is 11.1. The number of ether oxygens (including phenoxy) is 2. The molecule has 6 heteroatoms. The monoisotopic (exact) mass is 444 g/mol. The Morgan fingerprint density at radius 1 is 0.848 bits per heavy atom. The number of nitrogens with one attached hydrogen (secondary N) is 2. The summed E-state index contributed by atoms with van der Waals surface area (Å²) in [5.41, 5.74) is 5.68. The Morgan fingerprint density at radius 2 is 1.45 bits per heavy atom. The highest BCUT2D eigenvalue weighted by Gasteiger charge is 2.29. The van der Waals surface area contributed by atoms with Crippen molar-refractivity contribution in [2.45, 2.75) is 25.5 Å². The maximum absolute atomic E-state index is 12.3. The SMILES string of the molecule is CC(CNCC(=O)OCc1ccccc1)NC(=O)OCC1c2ccccc2-c2ccccc21. The van der Waals surface area contributed by atoms with Crippen LogP contribution >= 0.6 is 0 Å². The fraction of sp³-hybridized carbons (Fsp3) is 0.259. The van der Waals surface area contributed by atoms with Crippen LogP contribution in [0, 0.1) is 0 Å². The van der Waals surface area contributed by atoms with E-state index in [1.807, 2.05) is 61.5 Å². The molecule has 0 saturated heterocycles. The van der Waals surface area contributed by atoms with Crippen LogP contribution in [0.4, 0.5) is 4.79 Å². The molecule has 6 nitrogen and oxygen atoms in total. The van der Waals surface area contributed by atoms with Gasteiger partial charge in [0.15, 0.2) is 0 Å². The van der Waals surface area contributed by atoms with Crippen LogP contribution < -0.4 is 10.6 Å². The van der Waals surface area contributed by atoms with E-state index in [9.17, 15) is 9.59 Å². The molecule has 2 N–H and O–H groups in total. The molecule has 3 aromatic carbocycles. The summed E-state index contributed by atoms with van der Waals surface area (Å²) in [5.74, 6) is -0.317. The maximum Gasteiger partial charge on any atom is 0.407 e. The maximum atomic E-state index is 12.3. The first kappa shape index (κ1) is 22.6. The summed E-state index contributed by atoms with van der Waals surface area (Å²) >= 11 is 0. The van der Waals surface area contributed by atoms with Crippen molar-refractivity contribution in [3.8, 4) is 11.1 Å². The van der Waals surface area contributed by atoms with Crippen LogP contribution in [0.3, 0.4) is 0 Å². The first-order valence-corrected chi connectivity index (χ1v) is 11.1. The summed E-state index contributed by atoms with van der Waals surface area (Å²) in [6.45, 7) is 2.86. The molecule has 0 radical (unpaired) electrons. The van der Waals surface area contributed by atoms with E-state index in [0.29, 0.717) is 6.54 Å². The fourth-order valence-electron chi connectivity index (χ4n) is 4.07. The summed E-state index contributed by atoms with van der Waals surface area (Å²) in [6, 6.07) is 25.8. The first-order chi connectivity index (χ1) is 16.1. The molecule has 3 aromatic rings. The predicted octanol–water partition coefficient (Wildman–Crippen LogP) is 4.25. The van der Waals surface area contributed by atoms with Gasteiger partial charge in [-0.2, -0.15) is 0 Å². The average molecular weight is 445 g/mol. The van der Waals surface area contributed by atoms with E-state index in [1.165, 1.54) is 22.3 Å². The number of benzene rings is 3. The van der Waals surface area contributed by atoms with Crippen molar-refractivity contribution in [1.82, 2.24) is 10.6 Å². The summed E-state index contributed by atoms with van der Waals surface area (Å²) < 4.78 is 10.8. The molecule has 1 aliphatic rings. The van der Waals surface area contributed by atoms with Gasteiger partial charge in [-0.1, -0.05) is 78.9 Å². The van der Waals surface area contributed by atoms with Crippen molar-refractivity contribution in [3.63, 3.8) is 0 Å². The minimum absolute atomic E-state index is 0.0240. The number of carbonyl (C=O) groups is 2. The second kappa shape index (κ2) is 10.8. The molecule has 0 aliphatic heterocycles. The quantitative estimate of drug-likeness (QED) is 0.483. The van der Waals surface area contributed by atoms with E-state index < -0.39 is 6.09 Å². The van der Waals surface area contributed by atoms with E-state index in [0.717, 1.165) is 5.56 Å². The van der Waals surface area contributed by atoms with Gasteiger partial charge in [-0.15, -0.1) is 0 Å². The number of hydrogen-bond acceptors (Lipinski definition) is 5. The van der Waals surface area contributed by atoms with Crippen LogP contribution in [0.5, 0.6) is 0 Å². The van der Waals surface area contributed by atoms with Crippen molar-refractivity contribution in [2.24, 2.45) is 0 Å². The Hall–Kier alpha value is -3.64. The molecule has 1 atom stereocenters. The minimum atomic E-state index is -0.474. The molecule has 4 rings (SSSR count). The number of esters is 1. The topological polar surface area (TPSA) is 76.7 Å². The zero-order valence-corrected chi connectivity index (χ0v) is 18.6. The molecule has 0 spiro atoms. The highest BCUT2D eigenvalue weighted by molar-refractivity contribution is 5.79. The third-order valence-electron chi connectivity index (χ3n) is 5.67. The van der Waals surface area contributed by atoms with Crippen LogP contribution in [-0.2, 0) is 20.9 Å². The fourth-order valence-corrected chi connectivity index (χ4v) is 4.07. The smallest absolute Gasteiger partial charge is 0.407 e. The van der Waals surface area contributed by atoms with E-state index in [4.69, 9.17) is 9.47 Å². The Kier molecular flexibility index (Phi) is 7.37. The van der Waals surface area contributed by atoms with Crippen LogP contribution in [0.2, 0.25) is 0 Å². The van der Waals surface area contributed by atoms with E-state index in [2.05, 4.69) is 34.9 Å². The van der Waals surface area contributed by atoms with Crippen molar-refractivity contribution < 1.29 is 19.1 Å². The molecule has 1 amide bonds. The molecule has 0 aromatic heterocycles. The normalized spacial score (nSPS) is 13.0. The summed E-state index contributed by atoms with van der Waals surface area (Å²) in [4.78, 5) is 24.2. The second-order valence-corrected chi connectivity index (χ2v) is 8.15. The Bertz CT molecular complexity index is 1050. The van der Waals surface area contributed by atoms with E-state index in [-0.39, 0.29) is 37.7 Å². The van der Waals surface area contributed by atoms with Gasteiger partial charge in [0.05, 0.1) is 6.54 Å². The van der Waals surface area contributed by atoms with Gasteiger partial charge in [0.1, 0.15) is 13.2 Å². The largest absolute Gasteiger partial charge is 0.460 e. The molecular formula is C27H28N2O4. The highest BCUT2D eigenvalue weighted by atomic mass is 16.5. The van der Waals surface area contributed by atoms with E-state index in [1.54, 1.807) is 0 Å². The number of alkyl carbamates (subject to hydrolysis) is 1. The molecule has 0 saturated carbocycles. The number of amides is 1. The number of carbonyl (C=O) groups excluding carboxylic acids is 2. The third-order valence-corrected chi connectivity index (χ3v) is 5.67. The lowest BCUT2D eigenvalue weighted by Gasteiger charge is -2.17. The van der Waals surface area contributed by atoms with Crippen LogP contribution in [-0.4, -0.2) is 37.8 Å². The van der Waals surface area contributed by atoms with Gasteiger partial charge in [-0.3, -0.25) is 4.79 Å².